The molecule has 3 nitrogen and oxygen atoms in total. The number of hydrogen-bond acceptors (Lipinski definition) is 3. The highest BCUT2D eigenvalue weighted by Crippen LogP contribution is 2.39. The van der Waals surface area contributed by atoms with Crippen LogP contribution in [0, 0.1) is 0 Å². The zero-order valence-electron chi connectivity index (χ0n) is 7.25. The van der Waals surface area contributed by atoms with Gasteiger partial charge in [-0.1, -0.05) is 0 Å². The summed E-state index contributed by atoms with van der Waals surface area (Å²) in [4.78, 5) is 10.4. The Morgan fingerprint density at radius 3 is 2.47 bits per heavy atom. The number of rotatable bonds is 1. The molecule has 80 valence electrons. The van der Waals surface area contributed by atoms with Crippen molar-refractivity contribution in [2.75, 3.05) is 0 Å². The predicted molar refractivity (Wildman–Crippen MR) is 42.9 cm³/mol. The fourth-order valence-corrected chi connectivity index (χ4v) is 1.18. The molecule has 1 aromatic rings. The van der Waals surface area contributed by atoms with Gasteiger partial charge >= 0.3 is 12.5 Å². The highest BCUT2D eigenvalue weighted by molar-refractivity contribution is 5.76. The number of benzene rings is 1. The Hall–Kier alpha value is -1.72. The maximum atomic E-state index is 12.2. The first-order chi connectivity index (χ1) is 7.00. The van der Waals surface area contributed by atoms with E-state index in [1.165, 1.54) is 18.2 Å². The summed E-state index contributed by atoms with van der Waals surface area (Å²) >= 11 is 0. The molecule has 1 aliphatic heterocycles. The largest absolute Gasteiger partial charge is 0.464 e. The van der Waals surface area contributed by atoms with Crippen LogP contribution in [-0.2, 0) is 0 Å². The van der Waals surface area contributed by atoms with Crippen molar-refractivity contribution in [1.29, 1.82) is 0 Å². The molecule has 0 saturated carbocycles. The van der Waals surface area contributed by atoms with E-state index < -0.39 is 12.5 Å². The number of aldehydes is 1. The highest BCUT2D eigenvalue weighted by Gasteiger charge is 2.48. The van der Waals surface area contributed by atoms with Crippen molar-refractivity contribution in [3.63, 3.8) is 0 Å². The van der Waals surface area contributed by atoms with Crippen molar-refractivity contribution in [1.82, 2.24) is 0 Å². The molecule has 0 fully saturated rings. The van der Waals surface area contributed by atoms with Crippen LogP contribution in [0.4, 0.5) is 13.2 Å². The minimum Gasteiger partial charge on any atom is -0.443 e. The molecule has 2 rings (SSSR count). The molecule has 0 amide bonds. The van der Waals surface area contributed by atoms with Crippen LogP contribution in [0.15, 0.2) is 18.2 Å². The summed E-state index contributed by atoms with van der Waals surface area (Å²) in [6.45, 7) is 0. The second kappa shape index (κ2) is 3.15. The topological polar surface area (TPSA) is 35.5 Å². The Bertz CT molecular complexity index is 400. The lowest BCUT2D eigenvalue weighted by molar-refractivity contribution is -0.242. The zero-order valence-corrected chi connectivity index (χ0v) is 7.25. The normalized spacial score (nSPS) is 19.0. The lowest BCUT2D eigenvalue weighted by atomic mass is 10.2. The van der Waals surface area contributed by atoms with Crippen LogP contribution in [-0.4, -0.2) is 18.8 Å². The Labute approximate surface area is 82.4 Å². The molecule has 6 heteroatoms. The van der Waals surface area contributed by atoms with Crippen molar-refractivity contribution in [2.24, 2.45) is 0 Å². The van der Waals surface area contributed by atoms with Crippen LogP contribution < -0.4 is 9.47 Å². The molecular formula is C9H5F3O3. The minimum absolute atomic E-state index is 0.0112. The molecule has 0 aliphatic carbocycles. The Kier molecular flexibility index (Phi) is 2.06. The number of fused-ring (bicyclic) bond motifs is 1. The molecule has 15 heavy (non-hydrogen) atoms. The van der Waals surface area contributed by atoms with Gasteiger partial charge in [0.2, 0.25) is 0 Å². The average molecular weight is 218 g/mol. The van der Waals surface area contributed by atoms with Gasteiger partial charge in [-0.15, -0.1) is 0 Å². The molecule has 1 aromatic carbocycles. The first-order valence-corrected chi connectivity index (χ1v) is 4.00. The van der Waals surface area contributed by atoms with Gasteiger partial charge in [0.1, 0.15) is 6.29 Å². The summed E-state index contributed by atoms with van der Waals surface area (Å²) in [6.07, 6.45) is -6.35. The molecule has 1 aliphatic rings. The molecule has 0 N–H and O–H groups in total. The number of hydrogen-bond donors (Lipinski definition) is 0. The molecule has 1 heterocycles. The van der Waals surface area contributed by atoms with E-state index >= 15 is 0 Å². The van der Waals surface area contributed by atoms with E-state index in [0.29, 0.717) is 6.29 Å². The number of halogens is 3. The maximum absolute atomic E-state index is 12.2. The van der Waals surface area contributed by atoms with E-state index in [2.05, 4.69) is 9.47 Å². The van der Waals surface area contributed by atoms with Gasteiger partial charge in [0.05, 0.1) is 0 Å². The van der Waals surface area contributed by atoms with Crippen molar-refractivity contribution < 1.29 is 27.4 Å². The molecule has 1 atom stereocenters. The van der Waals surface area contributed by atoms with Crippen LogP contribution in [0.1, 0.15) is 10.4 Å². The number of carbonyl (C=O) groups is 1. The van der Waals surface area contributed by atoms with E-state index in [1.807, 2.05) is 0 Å². The fourth-order valence-electron chi connectivity index (χ4n) is 1.18. The van der Waals surface area contributed by atoms with Gasteiger partial charge in [-0.3, -0.25) is 4.79 Å². The van der Waals surface area contributed by atoms with Crippen molar-refractivity contribution in [2.45, 2.75) is 12.5 Å². The third-order valence-electron chi connectivity index (χ3n) is 1.84. The highest BCUT2D eigenvalue weighted by atomic mass is 19.4. The van der Waals surface area contributed by atoms with Crippen LogP contribution in [0.5, 0.6) is 11.5 Å². The van der Waals surface area contributed by atoms with Gasteiger partial charge in [-0.05, 0) is 18.2 Å². The van der Waals surface area contributed by atoms with E-state index in [1.54, 1.807) is 0 Å². The summed E-state index contributed by atoms with van der Waals surface area (Å²) in [6, 6.07) is 3.83. The van der Waals surface area contributed by atoms with Gasteiger partial charge < -0.3 is 9.47 Å². The first kappa shape index (κ1) is 9.82. The molecule has 1 unspecified atom stereocenters. The van der Waals surface area contributed by atoms with E-state index in [9.17, 15) is 18.0 Å². The molecule has 0 spiro atoms. The summed E-state index contributed by atoms with van der Waals surface area (Å²) in [5.74, 6) is -0.0788. The fraction of sp³-hybridized carbons (Fsp3) is 0.222. The molecular weight excluding hydrogens is 213 g/mol. The van der Waals surface area contributed by atoms with E-state index in [4.69, 9.17) is 0 Å². The molecule has 0 bridgehead atoms. The van der Waals surface area contributed by atoms with Gasteiger partial charge in [-0.2, -0.15) is 13.2 Å². The van der Waals surface area contributed by atoms with Crippen molar-refractivity contribution >= 4 is 6.29 Å². The Balaban J connectivity index is 2.27. The third kappa shape index (κ3) is 1.74. The van der Waals surface area contributed by atoms with Crippen molar-refractivity contribution in [3.05, 3.63) is 23.8 Å². The van der Waals surface area contributed by atoms with Gasteiger partial charge in [0, 0.05) is 5.56 Å². The molecule has 0 saturated heterocycles. The lowest BCUT2D eigenvalue weighted by Gasteiger charge is -2.12. The summed E-state index contributed by atoms with van der Waals surface area (Å²) in [7, 11) is 0. The quantitative estimate of drug-likeness (QED) is 0.677. The molecule has 0 radical (unpaired) electrons. The van der Waals surface area contributed by atoms with Gasteiger partial charge in [0.15, 0.2) is 11.5 Å². The zero-order chi connectivity index (χ0) is 11.1. The van der Waals surface area contributed by atoms with Crippen LogP contribution in [0.25, 0.3) is 0 Å². The SMILES string of the molecule is O=Cc1ccc2c(c1)OC(C(F)(F)F)O2. The minimum atomic E-state index is -4.58. The second-order valence-corrected chi connectivity index (χ2v) is 2.93. The Morgan fingerprint density at radius 1 is 1.20 bits per heavy atom. The monoisotopic (exact) mass is 218 g/mol. The summed E-state index contributed by atoms with van der Waals surface area (Å²) in [5, 5.41) is 0. The van der Waals surface area contributed by atoms with Crippen LogP contribution in [0.3, 0.4) is 0 Å². The molecule has 0 aromatic heterocycles. The first-order valence-electron chi connectivity index (χ1n) is 4.00. The summed E-state index contributed by atoms with van der Waals surface area (Å²) in [5.41, 5.74) is 0.236. The van der Waals surface area contributed by atoms with Gasteiger partial charge in [0.25, 0.3) is 0 Å². The van der Waals surface area contributed by atoms with Crippen LogP contribution in [0.2, 0.25) is 0 Å². The van der Waals surface area contributed by atoms with Crippen LogP contribution >= 0.6 is 0 Å². The smallest absolute Gasteiger partial charge is 0.443 e. The van der Waals surface area contributed by atoms with E-state index in [0.717, 1.165) is 0 Å². The standard InChI is InChI=1S/C9H5F3O3/c10-9(11,12)8-14-6-2-1-5(4-13)3-7(6)15-8/h1-4,8H. The number of carbonyl (C=O) groups excluding carboxylic acids is 1. The average Bonchev–Trinajstić information content (AvgIpc) is 2.59. The lowest BCUT2D eigenvalue weighted by Crippen LogP contribution is -2.35. The number of alkyl halides is 3. The van der Waals surface area contributed by atoms with E-state index in [-0.39, 0.29) is 17.1 Å². The summed E-state index contributed by atoms with van der Waals surface area (Å²) < 4.78 is 45.6. The number of ether oxygens (including phenoxy) is 2. The van der Waals surface area contributed by atoms with Crippen molar-refractivity contribution in [3.8, 4) is 11.5 Å². The van der Waals surface area contributed by atoms with Gasteiger partial charge in [-0.25, -0.2) is 0 Å². The second-order valence-electron chi connectivity index (χ2n) is 2.93. The predicted octanol–water partition coefficient (Wildman–Crippen LogP) is 2.16. The Morgan fingerprint density at radius 2 is 1.87 bits per heavy atom. The maximum Gasteiger partial charge on any atom is 0.464 e. The third-order valence-corrected chi connectivity index (χ3v) is 1.84.